The van der Waals surface area contributed by atoms with Crippen molar-refractivity contribution in [3.8, 4) is 0 Å². The fourth-order valence-electron chi connectivity index (χ4n) is 1.50. The monoisotopic (exact) mass is 235 g/mol. The molecule has 0 aliphatic carbocycles. The fraction of sp³-hybridized carbons (Fsp3) is 0.583. The Bertz CT molecular complexity index is 365. The molecule has 2 heterocycles. The van der Waals surface area contributed by atoms with E-state index in [-0.39, 0.29) is 11.2 Å². The fourth-order valence-corrected chi connectivity index (χ4v) is 1.50. The Hall–Kier alpha value is -0.905. The van der Waals surface area contributed by atoms with Crippen LogP contribution in [0.5, 0.6) is 0 Å². The first-order valence-electron chi connectivity index (χ1n) is 5.77. The first-order chi connectivity index (χ1) is 7.91. The molecule has 2 rings (SSSR count). The highest BCUT2D eigenvalue weighted by molar-refractivity contribution is 6.37. The molecule has 1 saturated heterocycles. The molecule has 4 nitrogen and oxygen atoms in total. The van der Waals surface area contributed by atoms with Gasteiger partial charge in [-0.25, -0.2) is 0 Å². The van der Waals surface area contributed by atoms with Crippen molar-refractivity contribution in [2.75, 3.05) is 0 Å². The lowest BCUT2D eigenvalue weighted by Gasteiger charge is -2.31. The maximum Gasteiger partial charge on any atom is 0.640 e. The van der Waals surface area contributed by atoms with Gasteiger partial charge in [-0.05, 0) is 39.3 Å². The molecule has 0 aromatic carbocycles. The van der Waals surface area contributed by atoms with Crippen LogP contribution >= 0.6 is 0 Å². The Kier molecular flexibility index (Phi) is 3.25. The normalized spacial score (nSPS) is 21.8. The smallest absolute Gasteiger partial charge is 0.382 e. The molecule has 92 valence electrons. The number of rotatable bonds is 3. The standard InChI is InChI=1S/C12H18BNO3/c1-11(2)12(3,4)17-13(16-11)15-9-10-6-5-7-14-8-10/h5-8H,9H2,1-4H3. The first kappa shape index (κ1) is 12.5. The van der Waals surface area contributed by atoms with Crippen molar-refractivity contribution in [1.82, 2.24) is 4.98 Å². The zero-order valence-electron chi connectivity index (χ0n) is 10.8. The van der Waals surface area contributed by atoms with Crippen LogP contribution in [-0.2, 0) is 20.6 Å². The third kappa shape index (κ3) is 2.68. The average molecular weight is 235 g/mol. The minimum Gasteiger partial charge on any atom is -0.382 e. The van der Waals surface area contributed by atoms with Gasteiger partial charge in [-0.3, -0.25) is 4.98 Å². The van der Waals surface area contributed by atoms with Crippen LogP contribution in [0, 0.1) is 0 Å². The molecular weight excluding hydrogens is 217 g/mol. The highest BCUT2D eigenvalue weighted by Crippen LogP contribution is 2.36. The quantitative estimate of drug-likeness (QED) is 0.753. The zero-order chi connectivity index (χ0) is 12.5. The molecule has 0 amide bonds. The molecule has 5 heteroatoms. The van der Waals surface area contributed by atoms with Crippen LogP contribution in [0.15, 0.2) is 24.5 Å². The van der Waals surface area contributed by atoms with Gasteiger partial charge < -0.3 is 14.0 Å². The largest absolute Gasteiger partial charge is 0.640 e. The second kappa shape index (κ2) is 4.40. The molecule has 0 N–H and O–H groups in total. The molecule has 1 aromatic rings. The van der Waals surface area contributed by atoms with Gasteiger partial charge in [-0.1, -0.05) is 6.07 Å². The molecule has 0 unspecified atom stereocenters. The first-order valence-corrected chi connectivity index (χ1v) is 5.77. The van der Waals surface area contributed by atoms with Gasteiger partial charge in [0.25, 0.3) is 0 Å². The Morgan fingerprint density at radius 2 is 1.88 bits per heavy atom. The molecule has 1 aromatic heterocycles. The van der Waals surface area contributed by atoms with Gasteiger partial charge in [-0.2, -0.15) is 0 Å². The van der Waals surface area contributed by atoms with Gasteiger partial charge in [0.2, 0.25) is 0 Å². The third-order valence-corrected chi connectivity index (χ3v) is 3.34. The summed E-state index contributed by atoms with van der Waals surface area (Å²) in [6.45, 7) is 8.44. The number of aromatic nitrogens is 1. The van der Waals surface area contributed by atoms with Gasteiger partial charge in [0.1, 0.15) is 0 Å². The minimum atomic E-state index is -0.611. The van der Waals surface area contributed by atoms with Gasteiger partial charge in [0, 0.05) is 12.4 Å². The summed E-state index contributed by atoms with van der Waals surface area (Å²) >= 11 is 0. The molecule has 0 saturated carbocycles. The average Bonchev–Trinajstić information content (AvgIpc) is 2.46. The SMILES string of the molecule is CC1(C)OB(OCc2cccnc2)OC1(C)C. The summed E-state index contributed by atoms with van der Waals surface area (Å²) in [5.74, 6) is 0. The predicted octanol–water partition coefficient (Wildman–Crippen LogP) is 2.19. The third-order valence-electron chi connectivity index (χ3n) is 3.34. The van der Waals surface area contributed by atoms with Gasteiger partial charge in [-0.15, -0.1) is 0 Å². The summed E-state index contributed by atoms with van der Waals surface area (Å²) in [7, 11) is -0.611. The van der Waals surface area contributed by atoms with E-state index in [0.717, 1.165) is 5.56 Å². The van der Waals surface area contributed by atoms with Crippen LogP contribution in [0.3, 0.4) is 0 Å². The highest BCUT2D eigenvalue weighted by atomic mass is 16.8. The van der Waals surface area contributed by atoms with Crippen molar-refractivity contribution in [1.29, 1.82) is 0 Å². The van der Waals surface area contributed by atoms with E-state index in [0.29, 0.717) is 6.61 Å². The predicted molar refractivity (Wildman–Crippen MR) is 65.1 cm³/mol. The second-order valence-corrected chi connectivity index (χ2v) is 5.22. The summed E-state index contributed by atoms with van der Waals surface area (Å²) in [6.07, 6.45) is 3.50. The van der Waals surface area contributed by atoms with Crippen LogP contribution in [0.25, 0.3) is 0 Å². The topological polar surface area (TPSA) is 40.6 Å². The lowest BCUT2D eigenvalue weighted by Crippen LogP contribution is -2.41. The summed E-state index contributed by atoms with van der Waals surface area (Å²) in [4.78, 5) is 4.03. The molecule has 0 atom stereocenters. The van der Waals surface area contributed by atoms with Gasteiger partial charge >= 0.3 is 7.32 Å². The maximum absolute atomic E-state index is 5.72. The van der Waals surface area contributed by atoms with Crippen LogP contribution in [-0.4, -0.2) is 23.5 Å². The van der Waals surface area contributed by atoms with E-state index in [4.69, 9.17) is 14.0 Å². The molecule has 1 aliphatic rings. The molecule has 1 fully saturated rings. The maximum atomic E-state index is 5.72. The Morgan fingerprint density at radius 1 is 1.24 bits per heavy atom. The molecule has 0 bridgehead atoms. The Labute approximate surface area is 102 Å². The second-order valence-electron chi connectivity index (χ2n) is 5.22. The number of nitrogens with zero attached hydrogens (tertiary/aromatic N) is 1. The van der Waals surface area contributed by atoms with E-state index in [1.54, 1.807) is 12.4 Å². The van der Waals surface area contributed by atoms with E-state index in [1.165, 1.54) is 0 Å². The number of hydrogen-bond acceptors (Lipinski definition) is 4. The van der Waals surface area contributed by atoms with E-state index < -0.39 is 7.32 Å². The van der Waals surface area contributed by atoms with Crippen LogP contribution in [0.2, 0.25) is 0 Å². The number of pyridine rings is 1. The minimum absolute atomic E-state index is 0.355. The Morgan fingerprint density at radius 3 is 2.41 bits per heavy atom. The van der Waals surface area contributed by atoms with Crippen molar-refractivity contribution in [3.63, 3.8) is 0 Å². The van der Waals surface area contributed by atoms with Gasteiger partial charge in [0.15, 0.2) is 0 Å². The van der Waals surface area contributed by atoms with Crippen molar-refractivity contribution in [3.05, 3.63) is 30.1 Å². The Balaban J connectivity index is 1.91. The van der Waals surface area contributed by atoms with Crippen molar-refractivity contribution >= 4 is 7.32 Å². The van der Waals surface area contributed by atoms with E-state index >= 15 is 0 Å². The summed E-state index contributed by atoms with van der Waals surface area (Å²) in [5.41, 5.74) is 0.293. The zero-order valence-corrected chi connectivity index (χ0v) is 10.8. The number of hydrogen-bond donors (Lipinski definition) is 0. The molecule has 1 aliphatic heterocycles. The summed E-state index contributed by atoms with van der Waals surface area (Å²) in [6, 6.07) is 3.83. The highest BCUT2D eigenvalue weighted by Gasteiger charge is 2.52. The lowest BCUT2D eigenvalue weighted by atomic mass is 9.90. The van der Waals surface area contributed by atoms with Crippen LogP contribution < -0.4 is 0 Å². The van der Waals surface area contributed by atoms with Crippen molar-refractivity contribution in [2.45, 2.75) is 45.5 Å². The molecule has 17 heavy (non-hydrogen) atoms. The van der Waals surface area contributed by atoms with E-state index in [9.17, 15) is 0 Å². The molecule has 0 radical (unpaired) electrons. The van der Waals surface area contributed by atoms with Gasteiger partial charge in [0.05, 0.1) is 17.8 Å². The molecule has 0 spiro atoms. The summed E-state index contributed by atoms with van der Waals surface area (Å²) < 4.78 is 17.0. The summed E-state index contributed by atoms with van der Waals surface area (Å²) in [5, 5.41) is 0. The van der Waals surface area contributed by atoms with Crippen LogP contribution in [0.4, 0.5) is 0 Å². The van der Waals surface area contributed by atoms with E-state index in [2.05, 4.69) is 4.98 Å². The lowest BCUT2D eigenvalue weighted by molar-refractivity contribution is 0.00578. The molecular formula is C12H18BNO3. The van der Waals surface area contributed by atoms with E-state index in [1.807, 2.05) is 39.8 Å². The van der Waals surface area contributed by atoms with Crippen LogP contribution in [0.1, 0.15) is 33.3 Å². The van der Waals surface area contributed by atoms with Crippen molar-refractivity contribution < 1.29 is 14.0 Å². The van der Waals surface area contributed by atoms with Crippen molar-refractivity contribution in [2.24, 2.45) is 0 Å².